The van der Waals surface area contributed by atoms with Crippen molar-refractivity contribution >= 4 is 0 Å². The molecule has 30 heavy (non-hydrogen) atoms. The molecule has 0 spiro atoms. The Labute approximate surface area is 179 Å². The molecule has 1 aliphatic rings. The number of hydrogen-bond acceptors (Lipinski definition) is 4. The summed E-state index contributed by atoms with van der Waals surface area (Å²) < 4.78 is 0. The van der Waals surface area contributed by atoms with Crippen LogP contribution in [0.25, 0.3) is 0 Å². The zero-order valence-electron chi connectivity index (χ0n) is 17.7. The molecule has 1 N–H and O–H groups in total. The van der Waals surface area contributed by atoms with E-state index in [2.05, 4.69) is 46.1 Å². The summed E-state index contributed by atoms with van der Waals surface area (Å²) in [7, 11) is 0. The van der Waals surface area contributed by atoms with Crippen molar-refractivity contribution in [3.8, 4) is 0 Å². The van der Waals surface area contributed by atoms with Gasteiger partial charge in [-0.15, -0.1) is 0 Å². The van der Waals surface area contributed by atoms with Gasteiger partial charge in [-0.2, -0.15) is 0 Å². The van der Waals surface area contributed by atoms with Crippen molar-refractivity contribution in [2.24, 2.45) is 0 Å². The van der Waals surface area contributed by atoms with Gasteiger partial charge in [0.25, 0.3) is 0 Å². The summed E-state index contributed by atoms with van der Waals surface area (Å²) in [6.07, 6.45) is 13.2. The van der Waals surface area contributed by atoms with Crippen LogP contribution in [-0.4, -0.2) is 32.6 Å². The molecule has 1 atom stereocenters. The Morgan fingerprint density at radius 3 is 2.00 bits per heavy atom. The molecule has 0 bridgehead atoms. The quantitative estimate of drug-likeness (QED) is 0.598. The molecule has 4 heteroatoms. The molecule has 156 valence electrons. The molecule has 1 fully saturated rings. The Kier molecular flexibility index (Phi) is 6.56. The fourth-order valence-electron chi connectivity index (χ4n) is 5.03. The van der Waals surface area contributed by atoms with Gasteiger partial charge < -0.3 is 5.11 Å². The number of likely N-dealkylation sites (N-methyl/N-ethyl adjacent to an activating group) is 1. The fourth-order valence-corrected chi connectivity index (χ4v) is 5.03. The first-order chi connectivity index (χ1) is 14.7. The van der Waals surface area contributed by atoms with Crippen LogP contribution in [0.15, 0.2) is 79.4 Å². The van der Waals surface area contributed by atoms with Crippen LogP contribution in [-0.2, 0) is 5.60 Å². The Bertz CT molecular complexity index is 856. The number of hydrogen-bond donors (Lipinski definition) is 1. The highest BCUT2D eigenvalue weighted by Crippen LogP contribution is 2.46. The minimum Gasteiger partial charge on any atom is -0.378 e. The Morgan fingerprint density at radius 2 is 1.50 bits per heavy atom. The van der Waals surface area contributed by atoms with Crippen LogP contribution in [0.4, 0.5) is 0 Å². The molecule has 0 saturated heterocycles. The second kappa shape index (κ2) is 9.50. The molecular weight excluding hydrogens is 370 g/mol. The Hall–Kier alpha value is -2.56. The molecule has 1 aromatic carbocycles. The standard InChI is InChI=1S/C26H31N3O/c1-2-29(24-15-7-4-8-16-24)25(21-11-5-3-6-12-21)26(30,22-13-9-17-27-19-22)23-14-10-18-28-20-23/h3,5-6,9-14,17-20,24-25,30H,2,4,7-8,15-16H2,1H3. The van der Waals surface area contributed by atoms with E-state index in [1.807, 2.05) is 30.3 Å². The molecule has 0 amide bonds. The third-order valence-corrected chi connectivity index (χ3v) is 6.45. The van der Waals surface area contributed by atoms with Gasteiger partial charge in [0.2, 0.25) is 0 Å². The van der Waals surface area contributed by atoms with E-state index in [4.69, 9.17) is 0 Å². The monoisotopic (exact) mass is 401 g/mol. The van der Waals surface area contributed by atoms with E-state index in [1.54, 1.807) is 24.8 Å². The van der Waals surface area contributed by atoms with Crippen LogP contribution in [0.1, 0.15) is 61.8 Å². The van der Waals surface area contributed by atoms with Crippen molar-refractivity contribution in [1.82, 2.24) is 14.9 Å². The normalized spacial score (nSPS) is 16.5. The summed E-state index contributed by atoms with van der Waals surface area (Å²) in [4.78, 5) is 11.2. The van der Waals surface area contributed by atoms with Gasteiger partial charge in [-0.25, -0.2) is 0 Å². The predicted molar refractivity (Wildman–Crippen MR) is 120 cm³/mol. The third kappa shape index (κ3) is 4.03. The van der Waals surface area contributed by atoms with Crippen LogP contribution in [0.5, 0.6) is 0 Å². The first-order valence-electron chi connectivity index (χ1n) is 11.1. The number of aromatic nitrogens is 2. The van der Waals surface area contributed by atoms with Crippen molar-refractivity contribution in [2.75, 3.05) is 6.54 Å². The second-order valence-corrected chi connectivity index (χ2v) is 8.19. The molecule has 1 unspecified atom stereocenters. The van der Waals surface area contributed by atoms with Gasteiger partial charge in [0, 0.05) is 42.0 Å². The van der Waals surface area contributed by atoms with Crippen LogP contribution < -0.4 is 0 Å². The van der Waals surface area contributed by atoms with Crippen LogP contribution >= 0.6 is 0 Å². The highest BCUT2D eigenvalue weighted by Gasteiger charge is 2.46. The van der Waals surface area contributed by atoms with E-state index < -0.39 is 5.60 Å². The van der Waals surface area contributed by atoms with Gasteiger partial charge in [0.1, 0.15) is 5.60 Å². The molecule has 4 nitrogen and oxygen atoms in total. The summed E-state index contributed by atoms with van der Waals surface area (Å²) in [5.74, 6) is 0. The maximum Gasteiger partial charge on any atom is 0.137 e. The Morgan fingerprint density at radius 1 is 0.900 bits per heavy atom. The number of benzene rings is 1. The van der Waals surface area contributed by atoms with Gasteiger partial charge >= 0.3 is 0 Å². The third-order valence-electron chi connectivity index (χ3n) is 6.45. The van der Waals surface area contributed by atoms with Crippen LogP contribution in [0, 0.1) is 0 Å². The zero-order valence-corrected chi connectivity index (χ0v) is 17.7. The fraction of sp³-hybridized carbons (Fsp3) is 0.385. The summed E-state index contributed by atoms with van der Waals surface area (Å²) in [5.41, 5.74) is 1.43. The predicted octanol–water partition coefficient (Wildman–Crippen LogP) is 5.11. The van der Waals surface area contributed by atoms with Gasteiger partial charge in [0.15, 0.2) is 0 Å². The molecule has 2 heterocycles. The minimum atomic E-state index is -1.27. The van der Waals surface area contributed by atoms with Gasteiger partial charge in [-0.1, -0.05) is 68.7 Å². The maximum absolute atomic E-state index is 12.6. The lowest BCUT2D eigenvalue weighted by Crippen LogP contribution is -2.49. The minimum absolute atomic E-state index is 0.236. The molecular formula is C26H31N3O. The number of rotatable bonds is 7. The van der Waals surface area contributed by atoms with E-state index in [0.717, 1.165) is 23.2 Å². The maximum atomic E-state index is 12.6. The van der Waals surface area contributed by atoms with E-state index >= 15 is 0 Å². The summed E-state index contributed by atoms with van der Waals surface area (Å²) in [6.45, 7) is 3.07. The SMILES string of the molecule is CCN(C1CCCCC1)C(c1ccccc1)C(O)(c1cccnc1)c1cccnc1. The van der Waals surface area contributed by atoms with E-state index in [1.165, 1.54) is 32.1 Å². The number of pyridine rings is 2. The largest absolute Gasteiger partial charge is 0.378 e. The molecule has 3 aromatic rings. The average molecular weight is 402 g/mol. The van der Waals surface area contributed by atoms with Crippen LogP contribution in [0.3, 0.4) is 0 Å². The smallest absolute Gasteiger partial charge is 0.137 e. The van der Waals surface area contributed by atoms with Crippen molar-refractivity contribution in [1.29, 1.82) is 0 Å². The van der Waals surface area contributed by atoms with Crippen molar-refractivity contribution in [2.45, 2.75) is 56.7 Å². The first-order valence-corrected chi connectivity index (χ1v) is 11.1. The lowest BCUT2D eigenvalue weighted by Gasteiger charge is -2.47. The van der Waals surface area contributed by atoms with E-state index in [0.29, 0.717) is 6.04 Å². The average Bonchev–Trinajstić information content (AvgIpc) is 2.84. The van der Waals surface area contributed by atoms with Crippen molar-refractivity contribution < 1.29 is 5.11 Å². The molecule has 4 rings (SSSR count). The molecule has 2 aromatic heterocycles. The van der Waals surface area contributed by atoms with Gasteiger partial charge in [0.05, 0.1) is 6.04 Å². The summed E-state index contributed by atoms with van der Waals surface area (Å²) in [5, 5.41) is 12.6. The van der Waals surface area contributed by atoms with Crippen molar-refractivity contribution in [3.63, 3.8) is 0 Å². The molecule has 0 radical (unpaired) electrons. The lowest BCUT2D eigenvalue weighted by molar-refractivity contribution is -0.0446. The topological polar surface area (TPSA) is 49.2 Å². The lowest BCUT2D eigenvalue weighted by atomic mass is 9.76. The number of nitrogens with zero attached hydrogens (tertiary/aromatic N) is 3. The van der Waals surface area contributed by atoms with Gasteiger partial charge in [-0.3, -0.25) is 14.9 Å². The number of aliphatic hydroxyl groups is 1. The van der Waals surface area contributed by atoms with Gasteiger partial charge in [-0.05, 0) is 37.1 Å². The molecule has 1 aliphatic carbocycles. The summed E-state index contributed by atoms with van der Waals surface area (Å²) in [6, 6.07) is 18.4. The molecule has 0 aliphatic heterocycles. The second-order valence-electron chi connectivity index (χ2n) is 8.19. The Balaban J connectivity index is 1.92. The summed E-state index contributed by atoms with van der Waals surface area (Å²) >= 11 is 0. The van der Waals surface area contributed by atoms with E-state index in [-0.39, 0.29) is 6.04 Å². The van der Waals surface area contributed by atoms with E-state index in [9.17, 15) is 5.11 Å². The van der Waals surface area contributed by atoms with Crippen molar-refractivity contribution in [3.05, 3.63) is 96.1 Å². The van der Waals surface area contributed by atoms with Crippen LogP contribution in [0.2, 0.25) is 0 Å². The highest BCUT2D eigenvalue weighted by molar-refractivity contribution is 5.39. The first kappa shape index (κ1) is 20.7. The molecule has 1 saturated carbocycles. The highest BCUT2D eigenvalue weighted by atomic mass is 16.3. The zero-order chi connectivity index (χ0) is 20.8.